The van der Waals surface area contributed by atoms with E-state index in [1.54, 1.807) is 24.3 Å². The Balaban J connectivity index is 1.83. The maximum Gasteiger partial charge on any atom is 0.387 e. The molecule has 0 bridgehead atoms. The second-order valence-corrected chi connectivity index (χ2v) is 4.94. The second kappa shape index (κ2) is 8.05. The molecule has 1 amide bonds. The van der Waals surface area contributed by atoms with E-state index in [1.165, 1.54) is 31.2 Å². The third-order valence-electron chi connectivity index (χ3n) is 3.11. The zero-order valence-electron chi connectivity index (χ0n) is 12.9. The van der Waals surface area contributed by atoms with Gasteiger partial charge in [0.15, 0.2) is 5.78 Å². The first-order valence-corrected chi connectivity index (χ1v) is 7.13. The standard InChI is InChI=1S/C17H16F2N2O3/c1-11(22)12-2-4-14(5-3-12)21-16(23)10-20-13-6-8-15(9-7-13)24-17(18)19/h2-9,17,20H,10H2,1H3,(H,21,23). The zero-order chi connectivity index (χ0) is 17.5. The predicted molar refractivity (Wildman–Crippen MR) is 86.6 cm³/mol. The first kappa shape index (κ1) is 17.4. The number of rotatable bonds is 7. The summed E-state index contributed by atoms with van der Waals surface area (Å²) in [5.74, 6) is -0.280. The Bertz CT molecular complexity index is 701. The second-order valence-electron chi connectivity index (χ2n) is 4.94. The molecule has 0 spiro atoms. The van der Waals surface area contributed by atoms with Crippen LogP contribution in [0.3, 0.4) is 0 Å². The number of carbonyl (C=O) groups excluding carboxylic acids is 2. The fourth-order valence-electron chi connectivity index (χ4n) is 1.93. The Hall–Kier alpha value is -2.96. The minimum atomic E-state index is -2.87. The number of hydrogen-bond donors (Lipinski definition) is 2. The number of hydrogen-bond acceptors (Lipinski definition) is 4. The summed E-state index contributed by atoms with van der Waals surface area (Å²) < 4.78 is 28.3. The van der Waals surface area contributed by atoms with Gasteiger partial charge in [0.05, 0.1) is 6.54 Å². The lowest BCUT2D eigenvalue weighted by Crippen LogP contribution is -2.21. The topological polar surface area (TPSA) is 67.4 Å². The lowest BCUT2D eigenvalue weighted by Gasteiger charge is -2.09. The molecule has 0 saturated heterocycles. The molecule has 0 radical (unpaired) electrons. The van der Waals surface area contributed by atoms with Gasteiger partial charge in [-0.3, -0.25) is 9.59 Å². The van der Waals surface area contributed by atoms with Gasteiger partial charge in [-0.25, -0.2) is 0 Å². The molecule has 126 valence electrons. The Morgan fingerprint density at radius 1 is 1.00 bits per heavy atom. The third-order valence-corrected chi connectivity index (χ3v) is 3.11. The number of carbonyl (C=O) groups is 2. The van der Waals surface area contributed by atoms with Gasteiger partial charge in [-0.1, -0.05) is 0 Å². The van der Waals surface area contributed by atoms with Crippen molar-refractivity contribution in [3.05, 3.63) is 54.1 Å². The van der Waals surface area contributed by atoms with Crippen LogP contribution in [0, 0.1) is 0 Å². The van der Waals surface area contributed by atoms with E-state index in [4.69, 9.17) is 0 Å². The van der Waals surface area contributed by atoms with Gasteiger partial charge in [0, 0.05) is 16.9 Å². The summed E-state index contributed by atoms with van der Waals surface area (Å²) in [6.45, 7) is -1.40. The van der Waals surface area contributed by atoms with Gasteiger partial charge < -0.3 is 15.4 Å². The van der Waals surface area contributed by atoms with Crippen molar-refractivity contribution in [2.24, 2.45) is 0 Å². The summed E-state index contributed by atoms with van der Waals surface area (Å²) >= 11 is 0. The first-order valence-electron chi connectivity index (χ1n) is 7.13. The van der Waals surface area contributed by atoms with Crippen molar-refractivity contribution >= 4 is 23.1 Å². The van der Waals surface area contributed by atoms with Crippen molar-refractivity contribution in [2.45, 2.75) is 13.5 Å². The van der Waals surface area contributed by atoms with Crippen LogP contribution in [0.25, 0.3) is 0 Å². The number of nitrogens with one attached hydrogen (secondary N) is 2. The molecule has 24 heavy (non-hydrogen) atoms. The molecule has 0 aliphatic heterocycles. The number of halogens is 2. The molecule has 2 aromatic carbocycles. The molecule has 0 atom stereocenters. The molecule has 0 fully saturated rings. The lowest BCUT2D eigenvalue weighted by molar-refractivity contribution is -0.114. The maximum atomic E-state index is 12.0. The van der Waals surface area contributed by atoms with Crippen LogP contribution in [0.2, 0.25) is 0 Å². The van der Waals surface area contributed by atoms with Crippen molar-refractivity contribution in [3.63, 3.8) is 0 Å². The average molecular weight is 334 g/mol. The monoisotopic (exact) mass is 334 g/mol. The minimum absolute atomic E-state index is 0.00348. The number of benzene rings is 2. The van der Waals surface area contributed by atoms with Gasteiger partial charge >= 0.3 is 6.61 Å². The van der Waals surface area contributed by atoms with Crippen molar-refractivity contribution < 1.29 is 23.1 Å². The molecular formula is C17H16F2N2O3. The molecule has 0 unspecified atom stereocenters. The molecule has 0 aliphatic carbocycles. The van der Waals surface area contributed by atoms with E-state index >= 15 is 0 Å². The zero-order valence-corrected chi connectivity index (χ0v) is 12.9. The van der Waals surface area contributed by atoms with Crippen molar-refractivity contribution in [1.29, 1.82) is 0 Å². The summed E-state index contributed by atoms with van der Waals surface area (Å²) in [5, 5.41) is 5.54. The number of Topliss-reactive ketones (excluding diaryl/α,β-unsaturated/α-hetero) is 1. The molecule has 0 saturated carbocycles. The molecule has 7 heteroatoms. The van der Waals surface area contributed by atoms with E-state index in [2.05, 4.69) is 15.4 Å². The molecule has 2 aromatic rings. The SMILES string of the molecule is CC(=O)c1ccc(NC(=O)CNc2ccc(OC(F)F)cc2)cc1. The molecule has 5 nitrogen and oxygen atoms in total. The Morgan fingerprint density at radius 3 is 2.12 bits per heavy atom. The summed E-state index contributed by atoms with van der Waals surface area (Å²) in [6.07, 6.45) is 0. The highest BCUT2D eigenvalue weighted by Gasteiger charge is 2.06. The van der Waals surface area contributed by atoms with E-state index < -0.39 is 6.61 Å². The number of anilines is 2. The van der Waals surface area contributed by atoms with Crippen LogP contribution >= 0.6 is 0 Å². The first-order chi connectivity index (χ1) is 11.4. The lowest BCUT2D eigenvalue weighted by atomic mass is 10.1. The van der Waals surface area contributed by atoms with E-state index in [0.717, 1.165) is 0 Å². The van der Waals surface area contributed by atoms with Crippen LogP contribution in [0.15, 0.2) is 48.5 Å². The van der Waals surface area contributed by atoms with Crippen LogP contribution in [0.5, 0.6) is 5.75 Å². The van der Waals surface area contributed by atoms with Gasteiger partial charge in [-0.2, -0.15) is 8.78 Å². The van der Waals surface area contributed by atoms with Crippen LogP contribution in [-0.2, 0) is 4.79 Å². The highest BCUT2D eigenvalue weighted by molar-refractivity contribution is 5.96. The van der Waals surface area contributed by atoms with Gasteiger partial charge in [-0.05, 0) is 55.5 Å². The fourth-order valence-corrected chi connectivity index (χ4v) is 1.93. The minimum Gasteiger partial charge on any atom is -0.435 e. The Kier molecular flexibility index (Phi) is 5.83. The fraction of sp³-hybridized carbons (Fsp3) is 0.176. The van der Waals surface area contributed by atoms with E-state index in [9.17, 15) is 18.4 Å². The van der Waals surface area contributed by atoms with Gasteiger partial charge in [0.2, 0.25) is 5.91 Å². The average Bonchev–Trinajstić information content (AvgIpc) is 2.54. The number of ketones is 1. The van der Waals surface area contributed by atoms with Gasteiger partial charge in [0.25, 0.3) is 0 Å². The molecule has 2 rings (SSSR count). The molecule has 0 aliphatic rings. The number of alkyl halides is 2. The van der Waals surface area contributed by atoms with Crippen LogP contribution in [0.4, 0.5) is 20.2 Å². The van der Waals surface area contributed by atoms with E-state index in [-0.39, 0.29) is 24.0 Å². The molecule has 0 aromatic heterocycles. The third kappa shape index (κ3) is 5.35. The number of amides is 1. The van der Waals surface area contributed by atoms with Crippen LogP contribution in [0.1, 0.15) is 17.3 Å². The number of ether oxygens (including phenoxy) is 1. The predicted octanol–water partition coefficient (Wildman–Crippen LogP) is 3.54. The normalized spacial score (nSPS) is 10.3. The van der Waals surface area contributed by atoms with Crippen LogP contribution < -0.4 is 15.4 Å². The highest BCUT2D eigenvalue weighted by atomic mass is 19.3. The van der Waals surface area contributed by atoms with Gasteiger partial charge in [-0.15, -0.1) is 0 Å². The largest absolute Gasteiger partial charge is 0.435 e. The molecular weight excluding hydrogens is 318 g/mol. The summed E-state index contributed by atoms with van der Waals surface area (Å²) in [7, 11) is 0. The Morgan fingerprint density at radius 2 is 1.58 bits per heavy atom. The summed E-state index contributed by atoms with van der Waals surface area (Å²) in [5.41, 5.74) is 1.74. The molecule has 0 heterocycles. The highest BCUT2D eigenvalue weighted by Crippen LogP contribution is 2.17. The van der Waals surface area contributed by atoms with Crippen molar-refractivity contribution in [1.82, 2.24) is 0 Å². The van der Waals surface area contributed by atoms with E-state index in [0.29, 0.717) is 16.9 Å². The van der Waals surface area contributed by atoms with Crippen molar-refractivity contribution in [3.8, 4) is 5.75 Å². The quantitative estimate of drug-likeness (QED) is 0.760. The smallest absolute Gasteiger partial charge is 0.387 e. The maximum absolute atomic E-state index is 12.0. The van der Waals surface area contributed by atoms with Crippen molar-refractivity contribution in [2.75, 3.05) is 17.2 Å². The van der Waals surface area contributed by atoms with E-state index in [1.807, 2.05) is 0 Å². The van der Waals surface area contributed by atoms with Crippen LogP contribution in [-0.4, -0.2) is 24.8 Å². The van der Waals surface area contributed by atoms with Gasteiger partial charge in [0.1, 0.15) is 5.75 Å². The molecule has 2 N–H and O–H groups in total. The summed E-state index contributed by atoms with van der Waals surface area (Å²) in [6, 6.07) is 12.4. The Labute approximate surface area is 137 Å². The summed E-state index contributed by atoms with van der Waals surface area (Å²) in [4.78, 5) is 23.0.